The zero-order valence-corrected chi connectivity index (χ0v) is 8.59. The summed E-state index contributed by atoms with van der Waals surface area (Å²) < 4.78 is 5.45. The van der Waals surface area contributed by atoms with Crippen LogP contribution in [0.15, 0.2) is 4.52 Å². The van der Waals surface area contributed by atoms with E-state index in [0.29, 0.717) is 0 Å². The largest absolute Gasteiger partial charge is 0.361 e. The quantitative estimate of drug-likeness (QED) is 0.681. The van der Waals surface area contributed by atoms with E-state index in [9.17, 15) is 0 Å². The van der Waals surface area contributed by atoms with Gasteiger partial charge < -0.3 is 4.52 Å². The van der Waals surface area contributed by atoms with Crippen LogP contribution >= 0.6 is 0 Å². The molecule has 2 heteroatoms. The van der Waals surface area contributed by atoms with Gasteiger partial charge in [-0.3, -0.25) is 0 Å². The van der Waals surface area contributed by atoms with E-state index in [2.05, 4.69) is 5.16 Å². The van der Waals surface area contributed by atoms with Crippen LogP contribution in [-0.4, -0.2) is 5.16 Å². The van der Waals surface area contributed by atoms with Crippen LogP contribution in [-0.2, 0) is 12.8 Å². The summed E-state index contributed by atoms with van der Waals surface area (Å²) in [7, 11) is 0. The fraction of sp³-hybridized carbons (Fsp3) is 0.750. The van der Waals surface area contributed by atoms with Gasteiger partial charge in [0.05, 0.1) is 5.69 Å². The van der Waals surface area contributed by atoms with Gasteiger partial charge in [0, 0.05) is 17.9 Å². The van der Waals surface area contributed by atoms with Crippen molar-refractivity contribution < 1.29 is 4.52 Å². The normalized spacial score (nSPS) is 22.6. The Kier molecular flexibility index (Phi) is 2.07. The molecule has 3 rings (SSSR count). The van der Waals surface area contributed by atoms with Crippen molar-refractivity contribution in [3.63, 3.8) is 0 Å². The molecule has 14 heavy (non-hydrogen) atoms. The van der Waals surface area contributed by atoms with Crippen molar-refractivity contribution in [2.75, 3.05) is 0 Å². The SMILES string of the molecule is C1CCc2c(C3CCCC3)noc2C1. The molecule has 0 aromatic carbocycles. The minimum Gasteiger partial charge on any atom is -0.361 e. The smallest absolute Gasteiger partial charge is 0.140 e. The van der Waals surface area contributed by atoms with Crippen molar-refractivity contribution >= 4 is 0 Å². The standard InChI is InChI=1S/C12H17NO/c1-2-6-9(5-1)12-10-7-3-4-8-11(10)14-13-12/h9H,1-8H2. The van der Waals surface area contributed by atoms with Crippen LogP contribution in [0.4, 0.5) is 0 Å². The lowest BCUT2D eigenvalue weighted by Gasteiger charge is -2.11. The first-order valence-electron chi connectivity index (χ1n) is 5.92. The first-order chi connectivity index (χ1) is 6.95. The molecular formula is C12H17NO. The number of aryl methyl sites for hydroxylation is 1. The maximum Gasteiger partial charge on any atom is 0.140 e. The van der Waals surface area contributed by atoms with Crippen molar-refractivity contribution in [1.29, 1.82) is 0 Å². The zero-order valence-electron chi connectivity index (χ0n) is 8.59. The molecule has 0 amide bonds. The highest BCUT2D eigenvalue weighted by molar-refractivity contribution is 5.28. The van der Waals surface area contributed by atoms with Gasteiger partial charge >= 0.3 is 0 Å². The van der Waals surface area contributed by atoms with Gasteiger partial charge in [0.25, 0.3) is 0 Å². The minimum absolute atomic E-state index is 0.723. The maximum absolute atomic E-state index is 5.45. The fourth-order valence-corrected chi connectivity index (χ4v) is 2.93. The molecule has 1 aromatic rings. The monoisotopic (exact) mass is 191 g/mol. The molecule has 0 unspecified atom stereocenters. The van der Waals surface area contributed by atoms with Gasteiger partial charge in [0.15, 0.2) is 0 Å². The van der Waals surface area contributed by atoms with E-state index in [-0.39, 0.29) is 0 Å². The molecule has 2 aliphatic rings. The lowest BCUT2D eigenvalue weighted by Crippen LogP contribution is -2.04. The molecule has 0 atom stereocenters. The van der Waals surface area contributed by atoms with E-state index in [0.717, 1.165) is 12.3 Å². The summed E-state index contributed by atoms with van der Waals surface area (Å²) in [5.41, 5.74) is 2.79. The maximum atomic E-state index is 5.45. The number of nitrogens with zero attached hydrogens (tertiary/aromatic N) is 1. The lowest BCUT2D eigenvalue weighted by atomic mass is 9.91. The van der Waals surface area contributed by atoms with E-state index in [1.165, 1.54) is 62.0 Å². The number of hydrogen-bond acceptors (Lipinski definition) is 2. The third-order valence-corrected chi connectivity index (χ3v) is 3.72. The molecular weight excluding hydrogens is 174 g/mol. The summed E-state index contributed by atoms with van der Waals surface area (Å²) in [6, 6.07) is 0. The molecule has 1 aromatic heterocycles. The average Bonchev–Trinajstić information content (AvgIpc) is 2.85. The topological polar surface area (TPSA) is 26.0 Å². The van der Waals surface area contributed by atoms with Crippen molar-refractivity contribution in [3.8, 4) is 0 Å². The Labute approximate surface area is 84.7 Å². The lowest BCUT2D eigenvalue weighted by molar-refractivity contribution is 0.364. The second kappa shape index (κ2) is 3.41. The summed E-state index contributed by atoms with van der Waals surface area (Å²) in [6.45, 7) is 0. The third kappa shape index (κ3) is 1.28. The number of aromatic nitrogens is 1. The third-order valence-electron chi connectivity index (χ3n) is 3.72. The molecule has 0 radical (unpaired) electrons. The van der Waals surface area contributed by atoms with Gasteiger partial charge in [-0.25, -0.2) is 0 Å². The van der Waals surface area contributed by atoms with Crippen LogP contribution in [0, 0.1) is 0 Å². The van der Waals surface area contributed by atoms with E-state index >= 15 is 0 Å². The molecule has 0 saturated heterocycles. The summed E-state index contributed by atoms with van der Waals surface area (Å²) >= 11 is 0. The van der Waals surface area contributed by atoms with Gasteiger partial charge in [-0.1, -0.05) is 18.0 Å². The summed E-state index contributed by atoms with van der Waals surface area (Å²) in [5.74, 6) is 1.92. The van der Waals surface area contributed by atoms with E-state index in [4.69, 9.17) is 4.52 Å². The summed E-state index contributed by atoms with van der Waals surface area (Å²) in [5, 5.41) is 4.30. The highest BCUT2D eigenvalue weighted by atomic mass is 16.5. The average molecular weight is 191 g/mol. The number of rotatable bonds is 1. The van der Waals surface area contributed by atoms with Gasteiger partial charge in [0.2, 0.25) is 0 Å². The molecule has 0 spiro atoms. The highest BCUT2D eigenvalue weighted by Gasteiger charge is 2.27. The van der Waals surface area contributed by atoms with Crippen LogP contribution in [0.25, 0.3) is 0 Å². The Bertz CT molecular complexity index is 323. The molecule has 1 heterocycles. The number of hydrogen-bond donors (Lipinski definition) is 0. The molecule has 2 aliphatic carbocycles. The van der Waals surface area contributed by atoms with Gasteiger partial charge in [-0.15, -0.1) is 0 Å². The van der Waals surface area contributed by atoms with Gasteiger partial charge in [-0.2, -0.15) is 0 Å². The first kappa shape index (κ1) is 8.51. The summed E-state index contributed by atoms with van der Waals surface area (Å²) in [4.78, 5) is 0. The Morgan fingerprint density at radius 2 is 1.79 bits per heavy atom. The predicted octanol–water partition coefficient (Wildman–Crippen LogP) is 3.21. The Morgan fingerprint density at radius 1 is 1.00 bits per heavy atom. The molecule has 76 valence electrons. The molecule has 0 N–H and O–H groups in total. The predicted molar refractivity (Wildman–Crippen MR) is 54.4 cm³/mol. The van der Waals surface area contributed by atoms with Crippen LogP contribution < -0.4 is 0 Å². The van der Waals surface area contributed by atoms with Crippen molar-refractivity contribution in [1.82, 2.24) is 5.16 Å². The molecule has 0 bridgehead atoms. The molecule has 0 aliphatic heterocycles. The fourth-order valence-electron chi connectivity index (χ4n) is 2.93. The Balaban J connectivity index is 1.93. The molecule has 1 fully saturated rings. The second-order valence-electron chi connectivity index (χ2n) is 4.66. The molecule has 2 nitrogen and oxygen atoms in total. The zero-order chi connectivity index (χ0) is 9.38. The van der Waals surface area contributed by atoms with Crippen LogP contribution in [0.1, 0.15) is 61.5 Å². The van der Waals surface area contributed by atoms with Crippen LogP contribution in [0.5, 0.6) is 0 Å². The Morgan fingerprint density at radius 3 is 2.64 bits per heavy atom. The van der Waals surface area contributed by atoms with Gasteiger partial charge in [0.1, 0.15) is 5.76 Å². The highest BCUT2D eigenvalue weighted by Crippen LogP contribution is 2.37. The van der Waals surface area contributed by atoms with Crippen molar-refractivity contribution in [2.45, 2.75) is 57.3 Å². The summed E-state index contributed by atoms with van der Waals surface area (Å²) in [6.07, 6.45) is 10.4. The van der Waals surface area contributed by atoms with Gasteiger partial charge in [-0.05, 0) is 32.1 Å². The first-order valence-corrected chi connectivity index (χ1v) is 5.92. The van der Waals surface area contributed by atoms with Crippen LogP contribution in [0.2, 0.25) is 0 Å². The van der Waals surface area contributed by atoms with Crippen molar-refractivity contribution in [3.05, 3.63) is 17.0 Å². The van der Waals surface area contributed by atoms with Crippen molar-refractivity contribution in [2.24, 2.45) is 0 Å². The van der Waals surface area contributed by atoms with E-state index in [1.54, 1.807) is 0 Å². The Hall–Kier alpha value is -0.790. The molecule has 1 saturated carbocycles. The minimum atomic E-state index is 0.723. The van der Waals surface area contributed by atoms with E-state index in [1.807, 2.05) is 0 Å². The van der Waals surface area contributed by atoms with E-state index < -0.39 is 0 Å². The number of fused-ring (bicyclic) bond motifs is 1. The second-order valence-corrected chi connectivity index (χ2v) is 4.66. The van der Waals surface area contributed by atoms with Crippen LogP contribution in [0.3, 0.4) is 0 Å².